The normalized spacial score (nSPS) is 22.0. The number of piperazine rings is 1. The Bertz CT molecular complexity index is 2380. The van der Waals surface area contributed by atoms with Crippen LogP contribution in [0, 0.1) is 24.5 Å². The third-order valence-corrected chi connectivity index (χ3v) is 11.8. The van der Waals surface area contributed by atoms with Gasteiger partial charge in [0, 0.05) is 94.0 Å². The first-order valence-electron chi connectivity index (χ1n) is 20.9. The van der Waals surface area contributed by atoms with Crippen LogP contribution >= 0.6 is 0 Å². The Labute approximate surface area is 353 Å². The number of anilines is 4. The van der Waals surface area contributed by atoms with Gasteiger partial charge >= 0.3 is 0 Å². The summed E-state index contributed by atoms with van der Waals surface area (Å²) < 4.78 is 38.3. The molecule has 0 radical (unpaired) electrons. The summed E-state index contributed by atoms with van der Waals surface area (Å²) in [4.78, 5) is 58.2. The lowest BCUT2D eigenvalue weighted by Gasteiger charge is -2.42. The van der Waals surface area contributed by atoms with Gasteiger partial charge in [-0.05, 0) is 87.2 Å². The van der Waals surface area contributed by atoms with E-state index in [1.54, 1.807) is 30.1 Å². The lowest BCUT2D eigenvalue weighted by atomic mass is 9.89. The van der Waals surface area contributed by atoms with Gasteiger partial charge in [-0.1, -0.05) is 6.92 Å². The number of nitrogens with one attached hydrogen (secondary N) is 3. The Hall–Kier alpha value is -6.23. The zero-order chi connectivity index (χ0) is 42.8. The Morgan fingerprint density at radius 3 is 2.64 bits per heavy atom. The number of carbonyl (C=O) groups excluding carboxylic acids is 3. The van der Waals surface area contributed by atoms with Gasteiger partial charge in [-0.25, -0.2) is 13.5 Å². The topological polar surface area (TPSA) is 162 Å². The zero-order valence-electron chi connectivity index (χ0n) is 34.9. The number of halogens is 2. The van der Waals surface area contributed by atoms with Crippen molar-refractivity contribution in [1.82, 2.24) is 25.0 Å². The smallest absolute Gasteiger partial charge is 0.280 e. The highest BCUT2D eigenvalue weighted by molar-refractivity contribution is 6.19. The number of aromatic nitrogens is 3. The molecule has 2 aromatic carbocycles. The van der Waals surface area contributed by atoms with Crippen molar-refractivity contribution in [2.45, 2.75) is 57.9 Å². The molecule has 3 N–H and O–H groups in total. The number of carbonyl (C=O) groups is 3. The summed E-state index contributed by atoms with van der Waals surface area (Å²) in [6.07, 6.45) is 6.15. The number of piperidine rings is 1. The Balaban J connectivity index is 0.975. The van der Waals surface area contributed by atoms with Crippen LogP contribution in [-0.4, -0.2) is 109 Å². The summed E-state index contributed by atoms with van der Waals surface area (Å²) in [5.74, 6) is -2.85. The molecule has 4 aromatic rings. The number of rotatable bonds is 8. The standard InChI is InChI=1S/C44H51F2N11O4/c1-26-6-5-17-61-43-33(23-49-54(43)4)37-19-28(18-27(2)50-37)41(59)53-44-51-36-9-7-30(22-38(36)57(44)24-26)56-16-15-55(31(25-56)11-12-47-3)14-13-48-29-20-34(45)40(35(46)21-29)32-8-10-39(58)52-42(32)60/h7,9,12,18-23,26,31-32,48H,5-6,8,10-11,13-17,24-25H2,1-4H3,(H,51,53,59)(H,52,58,60)/b47-12-/t26-,31-,32-/m1/s1. The Kier molecular flexibility index (Phi) is 12.1. The SMILES string of the molecule is C/N=C\C[C@@H]1CN(c2ccc3c(c2)N2C[C@H](C)CCCOc4c(cnn4C)-c4cc(cc(C)n4)C(=O)/N=C/2N3)CCN1CCNc1cc(F)c([C@H]2CCC(=O)NC2=O)c(F)c1. The molecule has 17 heteroatoms. The average Bonchev–Trinajstić information content (AvgIpc) is 3.76. The maximum Gasteiger partial charge on any atom is 0.280 e. The largest absolute Gasteiger partial charge is 0.477 e. The van der Waals surface area contributed by atoms with Crippen molar-refractivity contribution >= 4 is 52.6 Å². The van der Waals surface area contributed by atoms with E-state index >= 15 is 8.78 Å². The summed E-state index contributed by atoms with van der Waals surface area (Å²) in [5.41, 5.74) is 5.26. The summed E-state index contributed by atoms with van der Waals surface area (Å²) in [6, 6.07) is 12.3. The first-order chi connectivity index (χ1) is 29.4. The maximum absolute atomic E-state index is 15.2. The first-order valence-corrected chi connectivity index (χ1v) is 20.9. The molecule has 0 spiro atoms. The van der Waals surface area contributed by atoms with Gasteiger partial charge in [-0.2, -0.15) is 10.1 Å². The molecule has 4 aliphatic rings. The number of imide groups is 1. The highest BCUT2D eigenvalue weighted by Gasteiger charge is 2.34. The van der Waals surface area contributed by atoms with Gasteiger partial charge in [0.05, 0.1) is 41.4 Å². The van der Waals surface area contributed by atoms with Crippen LogP contribution in [0.25, 0.3) is 11.3 Å². The number of aliphatic imine (C=N–C) groups is 2. The van der Waals surface area contributed by atoms with Crippen molar-refractivity contribution in [1.29, 1.82) is 0 Å². The zero-order valence-corrected chi connectivity index (χ0v) is 34.9. The van der Waals surface area contributed by atoms with E-state index < -0.39 is 29.4 Å². The van der Waals surface area contributed by atoms with Crippen LogP contribution in [0.2, 0.25) is 0 Å². The number of ether oxygens (including phenoxy) is 1. The highest BCUT2D eigenvalue weighted by atomic mass is 19.1. The molecule has 320 valence electrons. The van der Waals surface area contributed by atoms with Gasteiger partial charge < -0.3 is 30.2 Å². The number of benzene rings is 2. The number of aryl methyl sites for hydroxylation is 2. The van der Waals surface area contributed by atoms with E-state index in [4.69, 9.17) is 9.72 Å². The molecule has 0 saturated carbocycles. The molecule has 8 rings (SSSR count). The molecule has 2 bridgehead atoms. The second-order valence-corrected chi connectivity index (χ2v) is 16.2. The van der Waals surface area contributed by atoms with Crippen molar-refractivity contribution in [3.05, 3.63) is 77.1 Å². The summed E-state index contributed by atoms with van der Waals surface area (Å²) in [5, 5.41) is 13.2. The van der Waals surface area contributed by atoms with Crippen molar-refractivity contribution in [2.24, 2.45) is 23.0 Å². The minimum atomic E-state index is -1.05. The Morgan fingerprint density at radius 2 is 1.85 bits per heavy atom. The second-order valence-electron chi connectivity index (χ2n) is 16.2. The molecule has 0 aliphatic carbocycles. The van der Waals surface area contributed by atoms with Gasteiger partial charge in [0.2, 0.25) is 23.7 Å². The van der Waals surface area contributed by atoms with Crippen LogP contribution in [0.1, 0.15) is 66.6 Å². The van der Waals surface area contributed by atoms with E-state index in [2.05, 4.69) is 64.8 Å². The molecule has 61 heavy (non-hydrogen) atoms. The Morgan fingerprint density at radius 1 is 1.03 bits per heavy atom. The lowest BCUT2D eigenvalue weighted by Crippen LogP contribution is -2.54. The molecule has 2 aromatic heterocycles. The predicted molar refractivity (Wildman–Crippen MR) is 231 cm³/mol. The van der Waals surface area contributed by atoms with E-state index in [9.17, 15) is 14.4 Å². The van der Waals surface area contributed by atoms with Crippen LogP contribution < -0.4 is 30.5 Å². The monoisotopic (exact) mass is 835 g/mol. The minimum absolute atomic E-state index is 0.0332. The van der Waals surface area contributed by atoms with Crippen LogP contribution in [0.3, 0.4) is 0 Å². The van der Waals surface area contributed by atoms with Gasteiger partial charge in [-0.3, -0.25) is 29.6 Å². The fourth-order valence-corrected chi connectivity index (χ4v) is 8.69. The summed E-state index contributed by atoms with van der Waals surface area (Å²) >= 11 is 0. The van der Waals surface area contributed by atoms with Crippen molar-refractivity contribution in [2.75, 3.05) is 73.4 Å². The fourth-order valence-electron chi connectivity index (χ4n) is 8.69. The van der Waals surface area contributed by atoms with Crippen LogP contribution in [0.5, 0.6) is 5.88 Å². The van der Waals surface area contributed by atoms with Crippen LogP contribution in [0.15, 0.2) is 58.6 Å². The third kappa shape index (κ3) is 8.97. The molecule has 3 atom stereocenters. The number of pyridine rings is 1. The van der Waals surface area contributed by atoms with Gasteiger partial charge in [-0.15, -0.1) is 0 Å². The van der Waals surface area contributed by atoms with Gasteiger partial charge in [0.1, 0.15) is 11.6 Å². The molecule has 2 saturated heterocycles. The molecule has 4 aliphatic heterocycles. The van der Waals surface area contributed by atoms with Gasteiger partial charge in [0.15, 0.2) is 0 Å². The number of nitrogens with zero attached hydrogens (tertiary/aromatic N) is 8. The number of hydrogen-bond donors (Lipinski definition) is 3. The quantitative estimate of drug-likeness (QED) is 0.152. The maximum atomic E-state index is 15.2. The molecule has 6 heterocycles. The summed E-state index contributed by atoms with van der Waals surface area (Å²) in [7, 11) is 3.59. The molecule has 0 unspecified atom stereocenters. The first kappa shape index (κ1) is 41.5. The number of fused-ring (bicyclic) bond motifs is 7. The molecular weight excluding hydrogens is 785 g/mol. The van der Waals surface area contributed by atoms with Crippen LogP contribution in [-0.2, 0) is 16.6 Å². The molecule has 15 nitrogen and oxygen atoms in total. The lowest BCUT2D eigenvalue weighted by molar-refractivity contribution is -0.134. The van der Waals surface area contributed by atoms with Gasteiger partial charge in [0.25, 0.3) is 5.91 Å². The number of guanidine groups is 1. The fraction of sp³-hybridized carbons (Fsp3) is 0.432. The number of hydrogen-bond acceptors (Lipinski definition) is 12. The van der Waals surface area contributed by atoms with E-state index in [0.717, 1.165) is 55.1 Å². The van der Waals surface area contributed by atoms with Crippen molar-refractivity contribution < 1.29 is 27.9 Å². The number of amides is 3. The third-order valence-electron chi connectivity index (χ3n) is 11.8. The summed E-state index contributed by atoms with van der Waals surface area (Å²) in [6.45, 7) is 8.46. The van der Waals surface area contributed by atoms with E-state index in [-0.39, 0.29) is 42.0 Å². The highest BCUT2D eigenvalue weighted by Crippen LogP contribution is 2.38. The van der Waals surface area contributed by atoms with Crippen molar-refractivity contribution in [3.63, 3.8) is 0 Å². The van der Waals surface area contributed by atoms with E-state index in [1.165, 1.54) is 12.1 Å². The predicted octanol–water partition coefficient (Wildman–Crippen LogP) is 5.52. The molecule has 3 amide bonds. The molecular formula is C44H51F2N11O4. The van der Waals surface area contributed by atoms with E-state index in [1.807, 2.05) is 26.3 Å². The van der Waals surface area contributed by atoms with Crippen molar-refractivity contribution in [3.8, 4) is 17.1 Å². The average molecular weight is 836 g/mol. The second kappa shape index (κ2) is 17.8. The minimum Gasteiger partial charge on any atom is -0.477 e. The molecule has 2 fully saturated rings. The van der Waals surface area contributed by atoms with E-state index in [0.29, 0.717) is 61.5 Å². The van der Waals surface area contributed by atoms with Crippen LogP contribution in [0.4, 0.5) is 31.5 Å².